The van der Waals surface area contributed by atoms with Crippen LogP contribution in [0.2, 0.25) is 0 Å². The lowest BCUT2D eigenvalue weighted by Crippen LogP contribution is -2.50. The number of amides is 1. The number of carbonyl (C=O) groups is 1. The molecule has 2 N–H and O–H groups in total. The zero-order valence-electron chi connectivity index (χ0n) is 15.7. The second kappa shape index (κ2) is 6.91. The molecular weight excluding hydrogens is 328 g/mol. The van der Waals surface area contributed by atoms with Crippen molar-refractivity contribution < 1.29 is 9.90 Å². The van der Waals surface area contributed by atoms with E-state index in [1.54, 1.807) is 12.4 Å². The van der Waals surface area contributed by atoms with E-state index in [2.05, 4.69) is 22.2 Å². The molecule has 0 saturated carbocycles. The molecule has 26 heavy (non-hydrogen) atoms. The molecule has 1 spiro atoms. The molecule has 3 saturated heterocycles. The maximum Gasteiger partial charge on any atom is 0.239 e. The SMILES string of the molecule is CN1CC2(CCNCC2)CC1C(=O)N1CCC(O)(c2cccnc2)CC1. The second-order valence-corrected chi connectivity index (χ2v) is 8.48. The van der Waals surface area contributed by atoms with Crippen LogP contribution in [0.3, 0.4) is 0 Å². The molecule has 0 bridgehead atoms. The van der Waals surface area contributed by atoms with E-state index < -0.39 is 5.60 Å². The monoisotopic (exact) mass is 358 g/mol. The van der Waals surface area contributed by atoms with Gasteiger partial charge >= 0.3 is 0 Å². The molecule has 1 aromatic heterocycles. The Kier molecular flexibility index (Phi) is 4.75. The van der Waals surface area contributed by atoms with Gasteiger partial charge in [0, 0.05) is 37.6 Å². The molecule has 0 aliphatic carbocycles. The average Bonchev–Trinajstić information content (AvgIpc) is 2.98. The highest BCUT2D eigenvalue weighted by Crippen LogP contribution is 2.42. The van der Waals surface area contributed by atoms with Crippen LogP contribution in [-0.2, 0) is 10.4 Å². The highest BCUT2D eigenvalue weighted by Gasteiger charge is 2.47. The summed E-state index contributed by atoms with van der Waals surface area (Å²) in [5, 5.41) is 14.4. The van der Waals surface area contributed by atoms with Gasteiger partial charge in [0.05, 0.1) is 11.6 Å². The molecule has 3 aliphatic heterocycles. The molecule has 6 heteroatoms. The van der Waals surface area contributed by atoms with Gasteiger partial charge < -0.3 is 15.3 Å². The molecule has 6 nitrogen and oxygen atoms in total. The smallest absolute Gasteiger partial charge is 0.239 e. The Morgan fingerprint density at radius 2 is 2.00 bits per heavy atom. The van der Waals surface area contributed by atoms with E-state index in [0.29, 0.717) is 31.3 Å². The summed E-state index contributed by atoms with van der Waals surface area (Å²) in [5.74, 6) is 0.246. The molecule has 3 fully saturated rings. The maximum atomic E-state index is 13.2. The molecule has 3 aliphatic rings. The van der Waals surface area contributed by atoms with E-state index in [0.717, 1.165) is 31.6 Å². The molecule has 1 amide bonds. The van der Waals surface area contributed by atoms with Gasteiger partial charge in [-0.25, -0.2) is 0 Å². The van der Waals surface area contributed by atoms with E-state index in [4.69, 9.17) is 0 Å². The topological polar surface area (TPSA) is 68.7 Å². The van der Waals surface area contributed by atoms with Crippen LogP contribution in [0.1, 0.15) is 37.7 Å². The fourth-order valence-corrected chi connectivity index (χ4v) is 5.10. The lowest BCUT2D eigenvalue weighted by atomic mass is 9.77. The molecule has 1 aromatic rings. The van der Waals surface area contributed by atoms with Gasteiger partial charge in [-0.05, 0) is 63.7 Å². The zero-order chi connectivity index (χ0) is 18.2. The summed E-state index contributed by atoms with van der Waals surface area (Å²) in [6.07, 6.45) is 7.93. The number of carbonyl (C=O) groups excluding carboxylic acids is 1. The average molecular weight is 358 g/mol. The summed E-state index contributed by atoms with van der Waals surface area (Å²) in [4.78, 5) is 21.5. The van der Waals surface area contributed by atoms with Gasteiger partial charge in [0.15, 0.2) is 0 Å². The van der Waals surface area contributed by atoms with Crippen molar-refractivity contribution in [3.05, 3.63) is 30.1 Å². The summed E-state index contributed by atoms with van der Waals surface area (Å²) in [5.41, 5.74) is 0.314. The number of likely N-dealkylation sites (tertiary alicyclic amines) is 2. The summed E-state index contributed by atoms with van der Waals surface area (Å²) in [6, 6.07) is 3.78. The fourth-order valence-electron chi connectivity index (χ4n) is 5.10. The van der Waals surface area contributed by atoms with E-state index >= 15 is 0 Å². The first-order valence-corrected chi connectivity index (χ1v) is 9.84. The van der Waals surface area contributed by atoms with Crippen LogP contribution < -0.4 is 5.32 Å². The molecular formula is C20H30N4O2. The molecule has 4 heterocycles. The minimum absolute atomic E-state index is 0.00214. The van der Waals surface area contributed by atoms with E-state index in [1.807, 2.05) is 17.0 Å². The number of aliphatic hydroxyl groups is 1. The normalized spacial score (nSPS) is 28.4. The van der Waals surface area contributed by atoms with Gasteiger partial charge in [-0.1, -0.05) is 6.07 Å². The van der Waals surface area contributed by atoms with Crippen molar-refractivity contribution in [2.45, 2.75) is 43.7 Å². The number of piperidine rings is 2. The number of likely N-dealkylation sites (N-methyl/N-ethyl adjacent to an activating group) is 1. The molecule has 142 valence electrons. The highest BCUT2D eigenvalue weighted by atomic mass is 16.3. The fraction of sp³-hybridized carbons (Fsp3) is 0.700. The summed E-state index contributed by atoms with van der Waals surface area (Å²) < 4.78 is 0. The van der Waals surface area contributed by atoms with E-state index in [9.17, 15) is 9.90 Å². The van der Waals surface area contributed by atoms with Gasteiger partial charge in [-0.2, -0.15) is 0 Å². The van der Waals surface area contributed by atoms with Crippen LogP contribution in [-0.4, -0.2) is 71.6 Å². The van der Waals surface area contributed by atoms with Crippen molar-refractivity contribution in [2.75, 3.05) is 39.8 Å². The van der Waals surface area contributed by atoms with Gasteiger partial charge in [0.25, 0.3) is 0 Å². The lowest BCUT2D eigenvalue weighted by molar-refractivity contribution is -0.140. The third-order valence-corrected chi connectivity index (χ3v) is 6.79. The van der Waals surface area contributed by atoms with Crippen molar-refractivity contribution in [3.8, 4) is 0 Å². The van der Waals surface area contributed by atoms with Crippen molar-refractivity contribution in [1.29, 1.82) is 0 Å². The molecule has 1 unspecified atom stereocenters. The van der Waals surface area contributed by atoms with Crippen molar-refractivity contribution in [3.63, 3.8) is 0 Å². The third-order valence-electron chi connectivity index (χ3n) is 6.79. The van der Waals surface area contributed by atoms with Gasteiger partial charge in [-0.3, -0.25) is 14.7 Å². The largest absolute Gasteiger partial charge is 0.385 e. The van der Waals surface area contributed by atoms with Crippen LogP contribution in [0, 0.1) is 5.41 Å². The molecule has 0 radical (unpaired) electrons. The first-order valence-electron chi connectivity index (χ1n) is 9.84. The van der Waals surface area contributed by atoms with Crippen LogP contribution in [0.15, 0.2) is 24.5 Å². The Bertz CT molecular complexity index is 636. The molecule has 0 aromatic carbocycles. The summed E-state index contributed by atoms with van der Waals surface area (Å²) in [6.45, 7) is 4.39. The summed E-state index contributed by atoms with van der Waals surface area (Å²) in [7, 11) is 2.09. The Balaban J connectivity index is 1.39. The number of aromatic nitrogens is 1. The third kappa shape index (κ3) is 3.26. The van der Waals surface area contributed by atoms with Crippen LogP contribution >= 0.6 is 0 Å². The predicted octanol–water partition coefficient (Wildman–Crippen LogP) is 0.966. The van der Waals surface area contributed by atoms with Crippen molar-refractivity contribution >= 4 is 5.91 Å². The second-order valence-electron chi connectivity index (χ2n) is 8.48. The number of nitrogens with zero attached hydrogens (tertiary/aromatic N) is 3. The number of hydrogen-bond donors (Lipinski definition) is 2. The van der Waals surface area contributed by atoms with Gasteiger partial charge in [-0.15, -0.1) is 0 Å². The quantitative estimate of drug-likeness (QED) is 0.824. The number of nitrogens with one attached hydrogen (secondary N) is 1. The Morgan fingerprint density at radius 3 is 2.65 bits per heavy atom. The van der Waals surface area contributed by atoms with Gasteiger partial charge in [0.2, 0.25) is 5.91 Å². The molecule has 1 atom stereocenters. The highest BCUT2D eigenvalue weighted by molar-refractivity contribution is 5.82. The Labute approximate surface area is 155 Å². The molecule has 4 rings (SSSR count). The minimum atomic E-state index is -0.858. The number of hydrogen-bond acceptors (Lipinski definition) is 5. The van der Waals surface area contributed by atoms with Crippen molar-refractivity contribution in [2.24, 2.45) is 5.41 Å². The van der Waals surface area contributed by atoms with E-state index in [-0.39, 0.29) is 11.9 Å². The lowest BCUT2D eigenvalue weighted by Gasteiger charge is -2.40. The predicted molar refractivity (Wildman–Crippen MR) is 99.5 cm³/mol. The minimum Gasteiger partial charge on any atom is -0.385 e. The standard InChI is InChI=1S/C20H30N4O2/c1-23-15-19(4-9-21-10-5-19)13-17(23)18(25)24-11-6-20(26,7-12-24)16-3-2-8-22-14-16/h2-3,8,14,17,21,26H,4-7,9-13,15H2,1H3. The first-order chi connectivity index (χ1) is 12.5. The summed E-state index contributed by atoms with van der Waals surface area (Å²) >= 11 is 0. The Morgan fingerprint density at radius 1 is 1.27 bits per heavy atom. The zero-order valence-corrected chi connectivity index (χ0v) is 15.7. The number of pyridine rings is 1. The van der Waals surface area contributed by atoms with Crippen LogP contribution in [0.25, 0.3) is 0 Å². The maximum absolute atomic E-state index is 13.2. The van der Waals surface area contributed by atoms with Crippen molar-refractivity contribution in [1.82, 2.24) is 20.1 Å². The van der Waals surface area contributed by atoms with Gasteiger partial charge in [0.1, 0.15) is 0 Å². The van der Waals surface area contributed by atoms with E-state index in [1.165, 1.54) is 12.8 Å². The Hall–Kier alpha value is -1.50. The first kappa shape index (κ1) is 17.9. The number of rotatable bonds is 2. The van der Waals surface area contributed by atoms with Crippen LogP contribution in [0.5, 0.6) is 0 Å². The van der Waals surface area contributed by atoms with Crippen LogP contribution in [0.4, 0.5) is 0 Å².